The number of carbonyl (C=O) groups is 9. The van der Waals surface area contributed by atoms with Gasteiger partial charge in [0.1, 0.15) is 48.6 Å². The van der Waals surface area contributed by atoms with Crippen LogP contribution in [-0.2, 0) is 75.7 Å². The molecule has 24 heteroatoms. The Bertz CT molecular complexity index is 2890. The van der Waals surface area contributed by atoms with Crippen LogP contribution in [-0.4, -0.2) is 120 Å². The Morgan fingerprint density at radius 3 is 2.19 bits per heavy atom. The maximum absolute atomic E-state index is 13.6. The molecule has 0 aliphatic carbocycles. The number of nitrogens with one attached hydrogen (secondary N) is 6. The predicted octanol–water partition coefficient (Wildman–Crippen LogP) is 3.99. The zero-order chi connectivity index (χ0) is 56.1. The molecular formula is C54H61N7O17. The number of aliphatic hydroxyl groups is 1. The number of amides is 8. The van der Waals surface area contributed by atoms with Crippen LogP contribution in [0.15, 0.2) is 84.9 Å². The van der Waals surface area contributed by atoms with Crippen molar-refractivity contribution in [2.45, 2.75) is 116 Å². The third-order valence-electron chi connectivity index (χ3n) is 12.2. The highest BCUT2D eigenvalue weighted by Gasteiger charge is 2.45. The summed E-state index contributed by atoms with van der Waals surface area (Å²) in [6.07, 6.45) is -6.90. The SMILES string of the molecule is COC(=O)[C@H]1O[C@@H](Oc2ccc(COC(=O)NCc3ccc(COc4ccc(NC(=O)NCc5ccc6c(c5)CN(C5CCC(=O)NC5=O)C6=O)cc4)cc3)cc2C(=O)NCCNC(=O)OC(C)(C)C)C[C@@H](OC(C)=O)[C@@H]1O. The van der Waals surface area contributed by atoms with Gasteiger partial charge in [0.05, 0.1) is 12.7 Å². The van der Waals surface area contributed by atoms with Gasteiger partial charge in [-0.1, -0.05) is 42.5 Å². The first-order valence-electron chi connectivity index (χ1n) is 24.9. The van der Waals surface area contributed by atoms with E-state index in [-0.39, 0.29) is 88.3 Å². The first-order chi connectivity index (χ1) is 37.2. The summed E-state index contributed by atoms with van der Waals surface area (Å²) in [4.78, 5) is 114. The molecular weight excluding hydrogens is 1020 g/mol. The lowest BCUT2D eigenvalue weighted by Gasteiger charge is -2.37. The summed E-state index contributed by atoms with van der Waals surface area (Å²) in [5.74, 6) is -2.92. The fourth-order valence-corrected chi connectivity index (χ4v) is 8.40. The zero-order valence-corrected chi connectivity index (χ0v) is 43.5. The maximum Gasteiger partial charge on any atom is 0.407 e. The Morgan fingerprint density at radius 1 is 0.795 bits per heavy atom. The molecule has 2 saturated heterocycles. The van der Waals surface area contributed by atoms with E-state index in [1.165, 1.54) is 23.1 Å². The molecule has 1 unspecified atom stereocenters. The summed E-state index contributed by atoms with van der Waals surface area (Å²) >= 11 is 0. The van der Waals surface area contributed by atoms with E-state index in [0.717, 1.165) is 36.3 Å². The van der Waals surface area contributed by atoms with Crippen molar-refractivity contribution < 1.29 is 81.4 Å². The molecule has 0 aromatic heterocycles. The number of rotatable bonds is 19. The average Bonchev–Trinajstić information content (AvgIpc) is 3.73. The first-order valence-corrected chi connectivity index (χ1v) is 24.9. The number of benzene rings is 4. The van der Waals surface area contributed by atoms with Gasteiger partial charge in [-0.2, -0.15) is 0 Å². The Balaban J connectivity index is 0.856. The number of anilines is 1. The van der Waals surface area contributed by atoms with Gasteiger partial charge in [-0.05, 0) is 97.5 Å². The highest BCUT2D eigenvalue weighted by atomic mass is 16.7. The van der Waals surface area contributed by atoms with Crippen molar-refractivity contribution in [2.75, 3.05) is 25.5 Å². The van der Waals surface area contributed by atoms with Crippen LogP contribution in [0.1, 0.15) is 95.5 Å². The number of nitrogens with zero attached hydrogens (tertiary/aromatic N) is 1. The number of imide groups is 1. The maximum atomic E-state index is 13.6. The topological polar surface area (TPSA) is 314 Å². The van der Waals surface area contributed by atoms with Gasteiger partial charge in [0.2, 0.25) is 18.1 Å². The van der Waals surface area contributed by atoms with Crippen LogP contribution in [0.2, 0.25) is 0 Å². The minimum absolute atomic E-state index is 0.00976. The molecule has 0 saturated carbocycles. The van der Waals surface area contributed by atoms with Crippen LogP contribution >= 0.6 is 0 Å². The van der Waals surface area contributed by atoms with Crippen molar-refractivity contribution in [3.05, 3.63) is 124 Å². The van der Waals surface area contributed by atoms with Crippen LogP contribution < -0.4 is 41.4 Å². The molecule has 414 valence electrons. The van der Waals surface area contributed by atoms with E-state index in [9.17, 15) is 48.3 Å². The molecule has 7 N–H and O–H groups in total. The van der Waals surface area contributed by atoms with E-state index in [0.29, 0.717) is 22.6 Å². The minimum Gasteiger partial charge on any atom is -0.489 e. The average molecular weight is 1080 g/mol. The quantitative estimate of drug-likeness (QED) is 0.0302. The van der Waals surface area contributed by atoms with Crippen LogP contribution in [0, 0.1) is 0 Å². The molecule has 24 nitrogen and oxygen atoms in total. The van der Waals surface area contributed by atoms with Gasteiger partial charge < -0.3 is 69.7 Å². The Kier molecular flexibility index (Phi) is 18.9. The van der Waals surface area contributed by atoms with E-state index in [1.807, 2.05) is 30.3 Å². The molecule has 5 atom stereocenters. The van der Waals surface area contributed by atoms with Crippen molar-refractivity contribution in [1.82, 2.24) is 31.5 Å². The third-order valence-corrected chi connectivity index (χ3v) is 12.2. The van der Waals surface area contributed by atoms with Crippen LogP contribution in [0.25, 0.3) is 0 Å². The highest BCUT2D eigenvalue weighted by Crippen LogP contribution is 2.31. The molecule has 4 aromatic rings. The zero-order valence-electron chi connectivity index (χ0n) is 43.5. The second-order valence-electron chi connectivity index (χ2n) is 19.3. The second-order valence-corrected chi connectivity index (χ2v) is 19.3. The molecule has 7 rings (SSSR count). The lowest BCUT2D eigenvalue weighted by Crippen LogP contribution is -2.54. The van der Waals surface area contributed by atoms with Gasteiger partial charge in [0, 0.05) is 63.7 Å². The number of methoxy groups -OCH3 is 1. The van der Waals surface area contributed by atoms with Gasteiger partial charge in [-0.3, -0.25) is 29.3 Å². The van der Waals surface area contributed by atoms with Gasteiger partial charge in [-0.25, -0.2) is 19.2 Å². The molecule has 8 amide bonds. The first kappa shape index (κ1) is 56.9. The Labute approximate surface area is 448 Å². The van der Waals surface area contributed by atoms with Crippen molar-refractivity contribution in [1.29, 1.82) is 0 Å². The minimum atomic E-state index is -1.59. The standard InChI is InChI=1S/C54H61N7O17/c1-30(62)75-42-24-44(77-46(45(42)64)50(68)72-5)76-41-18-11-34(23-39(41)47(65)55-20-21-56-53(71)78-54(2,3)4)29-74-52(70)58-25-31-6-8-32(9-7-31)28-73-37-14-12-36(13-15-37)59-51(69)57-26-33-10-16-38-35(22-33)27-61(49(38)67)40-17-19-43(63)60-48(40)66/h6-16,18,22-23,40,42,44-46,64H,17,19-21,24-29H2,1-5H3,(H,55,65)(H,56,71)(H,58,70)(H2,57,59,69)(H,60,63,66)/t40?,42-,44-,45+,46+/m1/s1. The number of hydrogen-bond acceptors (Lipinski definition) is 17. The number of hydrogen-bond donors (Lipinski definition) is 7. The third kappa shape index (κ3) is 15.9. The second kappa shape index (κ2) is 25.8. The number of ether oxygens (including phenoxy) is 7. The van der Waals surface area contributed by atoms with Crippen molar-refractivity contribution >= 4 is 59.5 Å². The summed E-state index contributed by atoms with van der Waals surface area (Å²) in [6.45, 7) is 6.74. The molecule has 4 aromatic carbocycles. The summed E-state index contributed by atoms with van der Waals surface area (Å²) in [7, 11) is 1.09. The van der Waals surface area contributed by atoms with Crippen LogP contribution in [0.3, 0.4) is 0 Å². The number of piperidine rings is 1. The molecule has 3 heterocycles. The number of carbonyl (C=O) groups excluding carboxylic acids is 9. The van der Waals surface area contributed by atoms with E-state index < -0.39 is 78.2 Å². The number of urea groups is 1. The summed E-state index contributed by atoms with van der Waals surface area (Å²) < 4.78 is 38.3. The highest BCUT2D eigenvalue weighted by molar-refractivity contribution is 6.05. The predicted molar refractivity (Wildman–Crippen MR) is 273 cm³/mol. The number of aliphatic hydroxyl groups excluding tert-OH is 1. The molecule has 3 aliphatic heterocycles. The fraction of sp³-hybridized carbons (Fsp3) is 0.389. The molecule has 0 radical (unpaired) electrons. The lowest BCUT2D eigenvalue weighted by molar-refractivity contribution is -0.235. The number of esters is 2. The van der Waals surface area contributed by atoms with E-state index in [4.69, 9.17) is 33.2 Å². The van der Waals surface area contributed by atoms with Gasteiger partial charge in [-0.15, -0.1) is 0 Å². The summed E-state index contributed by atoms with van der Waals surface area (Å²) in [6, 6.07) is 22.6. The normalized spacial score (nSPS) is 18.8. The molecule has 2 fully saturated rings. The Morgan fingerprint density at radius 2 is 1.49 bits per heavy atom. The van der Waals surface area contributed by atoms with Gasteiger partial charge >= 0.3 is 30.2 Å². The smallest absolute Gasteiger partial charge is 0.407 e. The number of fused-ring (bicyclic) bond motifs is 1. The van der Waals surface area contributed by atoms with Gasteiger partial charge in [0.25, 0.3) is 11.8 Å². The van der Waals surface area contributed by atoms with Gasteiger partial charge in [0.15, 0.2) is 6.10 Å². The molecule has 3 aliphatic rings. The van der Waals surface area contributed by atoms with Crippen molar-refractivity contribution in [3.8, 4) is 11.5 Å². The molecule has 0 spiro atoms. The van der Waals surface area contributed by atoms with E-state index >= 15 is 0 Å². The van der Waals surface area contributed by atoms with Crippen LogP contribution in [0.4, 0.5) is 20.1 Å². The molecule has 78 heavy (non-hydrogen) atoms. The monoisotopic (exact) mass is 1080 g/mol. The van der Waals surface area contributed by atoms with E-state index in [1.54, 1.807) is 57.2 Å². The molecule has 0 bridgehead atoms. The van der Waals surface area contributed by atoms with Crippen molar-refractivity contribution in [2.24, 2.45) is 0 Å². The van der Waals surface area contributed by atoms with Crippen LogP contribution in [0.5, 0.6) is 11.5 Å². The Hall–Kier alpha value is -8.77. The summed E-state index contributed by atoms with van der Waals surface area (Å²) in [5, 5.41) is 26.5. The number of alkyl carbamates (subject to hydrolysis) is 2. The largest absolute Gasteiger partial charge is 0.489 e. The fourth-order valence-electron chi connectivity index (χ4n) is 8.40. The lowest BCUT2D eigenvalue weighted by atomic mass is 10.0. The van der Waals surface area contributed by atoms with E-state index in [2.05, 4.69) is 31.9 Å². The summed E-state index contributed by atoms with van der Waals surface area (Å²) in [5.41, 5.74) is 3.71. The van der Waals surface area contributed by atoms with Crippen molar-refractivity contribution in [3.63, 3.8) is 0 Å².